The Morgan fingerprint density at radius 2 is 1.96 bits per heavy atom. The molecule has 0 saturated heterocycles. The van der Waals surface area contributed by atoms with E-state index in [4.69, 9.17) is 16.3 Å². The lowest BCUT2D eigenvalue weighted by Gasteiger charge is -2.16. The molecule has 2 aromatic rings. The summed E-state index contributed by atoms with van der Waals surface area (Å²) in [5, 5.41) is -0.164. The molecule has 0 saturated carbocycles. The van der Waals surface area contributed by atoms with Gasteiger partial charge in [0, 0.05) is 24.1 Å². The van der Waals surface area contributed by atoms with Crippen molar-refractivity contribution in [2.45, 2.75) is 32.6 Å². The van der Waals surface area contributed by atoms with E-state index in [-0.39, 0.29) is 16.3 Å². The maximum atomic E-state index is 14.6. The van der Waals surface area contributed by atoms with Gasteiger partial charge in [0.05, 0.1) is 22.4 Å². The number of hydrogen-bond donors (Lipinski definition) is 0. The van der Waals surface area contributed by atoms with Gasteiger partial charge in [-0.15, -0.1) is 0 Å². The molecule has 1 aromatic heterocycles. The fraction of sp³-hybridized carbons (Fsp3) is 0.389. The van der Waals surface area contributed by atoms with Crippen LogP contribution in [-0.4, -0.2) is 27.5 Å². The van der Waals surface area contributed by atoms with Gasteiger partial charge in [-0.1, -0.05) is 11.6 Å². The predicted octanol–water partition coefficient (Wildman–Crippen LogP) is 3.07. The second-order valence-electron chi connectivity index (χ2n) is 6.22. The van der Waals surface area contributed by atoms with Crippen molar-refractivity contribution in [1.82, 2.24) is 9.13 Å². The fourth-order valence-corrected chi connectivity index (χ4v) is 3.39. The van der Waals surface area contributed by atoms with Crippen molar-refractivity contribution in [2.75, 3.05) is 6.26 Å². The Labute approximate surface area is 164 Å². The van der Waals surface area contributed by atoms with Crippen LogP contribution in [-0.2, 0) is 17.5 Å². The summed E-state index contributed by atoms with van der Waals surface area (Å²) in [5.41, 5.74) is -0.929. The molecule has 0 spiro atoms. The summed E-state index contributed by atoms with van der Waals surface area (Å²) in [6.07, 6.45) is 1.40. The third-order valence-electron chi connectivity index (χ3n) is 4.01. The van der Waals surface area contributed by atoms with Crippen molar-refractivity contribution >= 4 is 29.3 Å². The van der Waals surface area contributed by atoms with Crippen LogP contribution in [0, 0.1) is 12.7 Å². The molecule has 0 unspecified atom stereocenters. The number of esters is 1. The highest BCUT2D eigenvalue weighted by Gasteiger charge is 2.22. The van der Waals surface area contributed by atoms with E-state index in [0.29, 0.717) is 17.0 Å². The van der Waals surface area contributed by atoms with Crippen molar-refractivity contribution in [3.63, 3.8) is 0 Å². The van der Waals surface area contributed by atoms with E-state index >= 15 is 0 Å². The zero-order valence-corrected chi connectivity index (χ0v) is 17.2. The molecule has 146 valence electrons. The molecule has 0 N–H and O–H groups in total. The van der Waals surface area contributed by atoms with Crippen LogP contribution in [0.15, 0.2) is 21.7 Å². The topological polar surface area (TPSA) is 70.3 Å². The Balaban J connectivity index is 2.81. The first-order valence-corrected chi connectivity index (χ1v) is 9.88. The summed E-state index contributed by atoms with van der Waals surface area (Å²) in [4.78, 5) is 37.8. The van der Waals surface area contributed by atoms with E-state index in [1.807, 2.05) is 6.26 Å². The average molecular weight is 415 g/mol. The van der Waals surface area contributed by atoms with Gasteiger partial charge in [-0.3, -0.25) is 4.79 Å². The van der Waals surface area contributed by atoms with Crippen molar-refractivity contribution in [3.05, 3.63) is 60.6 Å². The van der Waals surface area contributed by atoms with Crippen LogP contribution in [0.2, 0.25) is 5.02 Å². The number of thioether (sulfide) groups is 1. The first-order chi connectivity index (χ1) is 12.6. The first kappa shape index (κ1) is 21.2. The van der Waals surface area contributed by atoms with Gasteiger partial charge in [-0.2, -0.15) is 11.8 Å². The molecule has 0 atom stereocenters. The van der Waals surface area contributed by atoms with Gasteiger partial charge in [0.15, 0.2) is 0 Å². The highest BCUT2D eigenvalue weighted by molar-refractivity contribution is 7.97. The van der Waals surface area contributed by atoms with Crippen molar-refractivity contribution < 1.29 is 13.9 Å². The third-order valence-corrected chi connectivity index (χ3v) is 4.90. The van der Waals surface area contributed by atoms with Crippen LogP contribution >= 0.6 is 23.4 Å². The van der Waals surface area contributed by atoms with Crippen molar-refractivity contribution in [3.8, 4) is 5.69 Å². The van der Waals surface area contributed by atoms with Gasteiger partial charge >= 0.3 is 11.7 Å². The Morgan fingerprint density at radius 1 is 1.33 bits per heavy atom. The smallest absolute Gasteiger partial charge is 0.339 e. The SMILES string of the molecule is CSCc1c(C)n(C)c(=O)n(-c2cc(C(=O)OC(C)C)c(Cl)cc2F)c1=O. The molecule has 6 nitrogen and oxygen atoms in total. The highest BCUT2D eigenvalue weighted by Crippen LogP contribution is 2.24. The van der Waals surface area contributed by atoms with E-state index in [9.17, 15) is 18.8 Å². The van der Waals surface area contributed by atoms with Gasteiger partial charge in [0.1, 0.15) is 5.82 Å². The largest absolute Gasteiger partial charge is 0.459 e. The lowest BCUT2D eigenvalue weighted by molar-refractivity contribution is 0.0378. The molecule has 0 aliphatic rings. The summed E-state index contributed by atoms with van der Waals surface area (Å²) in [7, 11) is 1.50. The van der Waals surface area contributed by atoms with E-state index in [0.717, 1.165) is 16.7 Å². The monoisotopic (exact) mass is 414 g/mol. The zero-order chi connectivity index (χ0) is 20.5. The molecule has 0 fully saturated rings. The van der Waals surface area contributed by atoms with Crippen molar-refractivity contribution in [2.24, 2.45) is 7.05 Å². The molecule has 1 heterocycles. The van der Waals surface area contributed by atoms with E-state index < -0.39 is 29.1 Å². The Hall–Kier alpha value is -2.06. The molecular formula is C18H20ClFN2O4S. The molecule has 0 aliphatic heterocycles. The standard InChI is InChI=1S/C18H20ClFN2O4S/c1-9(2)26-17(24)11-6-15(14(20)7-13(11)19)22-16(23)12(8-27-5)10(3)21(4)18(22)25/h6-7,9H,8H2,1-5H3. The van der Waals surface area contributed by atoms with E-state index in [1.165, 1.54) is 23.4 Å². The minimum atomic E-state index is -0.890. The number of carbonyl (C=O) groups is 1. The normalized spacial score (nSPS) is 11.1. The number of halogens is 2. The molecule has 0 bridgehead atoms. The quantitative estimate of drug-likeness (QED) is 0.703. The van der Waals surface area contributed by atoms with Gasteiger partial charge in [-0.05, 0) is 39.2 Å². The second-order valence-corrected chi connectivity index (χ2v) is 7.49. The summed E-state index contributed by atoms with van der Waals surface area (Å²) in [6.45, 7) is 4.97. The molecule has 27 heavy (non-hydrogen) atoms. The number of carbonyl (C=O) groups excluding carboxylic acids is 1. The minimum Gasteiger partial charge on any atom is -0.459 e. The number of hydrogen-bond acceptors (Lipinski definition) is 5. The van der Waals surface area contributed by atoms with Gasteiger partial charge in [0.25, 0.3) is 5.56 Å². The summed E-state index contributed by atoms with van der Waals surface area (Å²) >= 11 is 7.37. The summed E-state index contributed by atoms with van der Waals surface area (Å²) in [6, 6.07) is 1.97. The van der Waals surface area contributed by atoms with Gasteiger partial charge in [-0.25, -0.2) is 18.5 Å². The molecular weight excluding hydrogens is 395 g/mol. The molecule has 0 amide bonds. The molecule has 1 aromatic carbocycles. The Kier molecular flexibility index (Phi) is 6.54. The van der Waals surface area contributed by atoms with Crippen LogP contribution in [0.3, 0.4) is 0 Å². The fourth-order valence-electron chi connectivity index (χ4n) is 2.54. The molecule has 0 aliphatic carbocycles. The Bertz CT molecular complexity index is 1010. The number of benzene rings is 1. The third kappa shape index (κ3) is 4.11. The van der Waals surface area contributed by atoms with Crippen molar-refractivity contribution in [1.29, 1.82) is 0 Å². The van der Waals surface area contributed by atoms with Crippen LogP contribution in [0.1, 0.15) is 35.5 Å². The molecule has 9 heteroatoms. The number of ether oxygens (including phenoxy) is 1. The highest BCUT2D eigenvalue weighted by atomic mass is 35.5. The van der Waals surface area contributed by atoms with Crippen LogP contribution < -0.4 is 11.2 Å². The number of nitrogens with zero attached hydrogens (tertiary/aromatic N) is 2. The van der Waals surface area contributed by atoms with Crippen LogP contribution in [0.4, 0.5) is 4.39 Å². The predicted molar refractivity (Wildman–Crippen MR) is 105 cm³/mol. The second kappa shape index (κ2) is 8.31. The van der Waals surface area contributed by atoms with Gasteiger partial charge < -0.3 is 9.30 Å². The van der Waals surface area contributed by atoms with Crippen LogP contribution in [0.5, 0.6) is 0 Å². The minimum absolute atomic E-state index is 0.122. The van der Waals surface area contributed by atoms with Gasteiger partial charge in [0.2, 0.25) is 0 Å². The average Bonchev–Trinajstić information content (AvgIpc) is 2.58. The molecule has 0 radical (unpaired) electrons. The maximum absolute atomic E-state index is 14.6. The summed E-state index contributed by atoms with van der Waals surface area (Å²) in [5.74, 6) is -1.30. The lowest BCUT2D eigenvalue weighted by atomic mass is 10.1. The molecule has 2 rings (SSSR count). The van der Waals surface area contributed by atoms with E-state index in [2.05, 4.69) is 0 Å². The number of rotatable bonds is 5. The first-order valence-electron chi connectivity index (χ1n) is 8.11. The zero-order valence-electron chi connectivity index (χ0n) is 15.6. The number of aromatic nitrogens is 2. The Morgan fingerprint density at radius 3 is 2.52 bits per heavy atom. The summed E-state index contributed by atoms with van der Waals surface area (Å²) < 4.78 is 21.7. The maximum Gasteiger partial charge on any atom is 0.339 e. The van der Waals surface area contributed by atoms with Crippen LogP contribution in [0.25, 0.3) is 5.69 Å². The van der Waals surface area contributed by atoms with E-state index in [1.54, 1.807) is 20.8 Å². The lowest BCUT2D eigenvalue weighted by Crippen LogP contribution is -2.41.